The lowest BCUT2D eigenvalue weighted by Gasteiger charge is -2.44. The van der Waals surface area contributed by atoms with Crippen molar-refractivity contribution in [1.29, 1.82) is 0 Å². The van der Waals surface area contributed by atoms with Crippen LogP contribution in [0.2, 0.25) is 0 Å². The first kappa shape index (κ1) is 36.3. The molecule has 3 aliphatic rings. The van der Waals surface area contributed by atoms with E-state index in [0.29, 0.717) is 26.1 Å². The van der Waals surface area contributed by atoms with Crippen LogP contribution in [-0.2, 0) is 24.0 Å². The van der Waals surface area contributed by atoms with E-state index in [-0.39, 0.29) is 29.1 Å². The lowest BCUT2D eigenvalue weighted by atomic mass is 9.73. The van der Waals surface area contributed by atoms with Gasteiger partial charge in [-0.2, -0.15) is 0 Å². The smallest absolute Gasteiger partial charge is 0.316 e. The van der Waals surface area contributed by atoms with E-state index in [2.05, 4.69) is 16.0 Å². The summed E-state index contributed by atoms with van der Waals surface area (Å²) in [4.78, 5) is 83.0. The molecule has 254 valence electrons. The van der Waals surface area contributed by atoms with Crippen LogP contribution < -0.4 is 21.7 Å². The van der Waals surface area contributed by atoms with Gasteiger partial charge in [-0.05, 0) is 61.2 Å². The molecule has 6 amide bonds. The third-order valence-electron chi connectivity index (χ3n) is 10.6. The number of likely N-dealkylation sites (tertiary alicyclic amines) is 1. The number of amides is 6. The summed E-state index contributed by atoms with van der Waals surface area (Å²) in [6.07, 6.45) is 2.16. The number of rotatable bonds is 12. The molecule has 0 spiro atoms. The molecule has 5 N–H and O–H groups in total. The molecule has 2 aliphatic carbocycles. The van der Waals surface area contributed by atoms with Crippen LogP contribution in [0.1, 0.15) is 95.4 Å². The largest absolute Gasteiger partial charge is 0.363 e. The summed E-state index contributed by atoms with van der Waals surface area (Å²) in [7, 11) is 0. The molecule has 12 nitrogen and oxygen atoms in total. The lowest BCUT2D eigenvalue weighted by Crippen LogP contribution is -2.68. The Morgan fingerprint density at radius 2 is 1.49 bits per heavy atom. The predicted octanol–water partition coefficient (Wildman–Crippen LogP) is 2.20. The summed E-state index contributed by atoms with van der Waals surface area (Å²) in [6, 6.07) is -3.61. The minimum absolute atomic E-state index is 0.0660. The Bertz CT molecular complexity index is 1210. The zero-order valence-corrected chi connectivity index (χ0v) is 29.1. The van der Waals surface area contributed by atoms with Crippen LogP contribution in [0.5, 0.6) is 0 Å². The number of carbonyl (C=O) groups excluding carboxylic acids is 6. The molecule has 0 aromatic rings. The molecule has 45 heavy (non-hydrogen) atoms. The molecule has 1 aliphatic heterocycles. The van der Waals surface area contributed by atoms with Crippen LogP contribution in [0.25, 0.3) is 0 Å². The van der Waals surface area contributed by atoms with Gasteiger partial charge in [-0.25, -0.2) is 4.79 Å². The van der Waals surface area contributed by atoms with Gasteiger partial charge in [0.2, 0.25) is 23.5 Å². The Kier molecular flexibility index (Phi) is 10.1. The number of urea groups is 1. The molecule has 0 aromatic heterocycles. The summed E-state index contributed by atoms with van der Waals surface area (Å²) in [5.41, 5.74) is 2.41. The zero-order valence-electron chi connectivity index (χ0n) is 29.1. The highest BCUT2D eigenvalue weighted by molar-refractivity contribution is 6.37. The van der Waals surface area contributed by atoms with Crippen LogP contribution in [0.15, 0.2) is 0 Å². The molecule has 1 heterocycles. The molecule has 12 heteroatoms. The van der Waals surface area contributed by atoms with Gasteiger partial charge in [0.25, 0.3) is 5.91 Å². The van der Waals surface area contributed by atoms with Gasteiger partial charge in [0.05, 0.1) is 6.04 Å². The van der Waals surface area contributed by atoms with Gasteiger partial charge >= 0.3 is 6.03 Å². The Morgan fingerprint density at radius 1 is 0.933 bits per heavy atom. The Balaban J connectivity index is 1.87. The highest BCUT2D eigenvalue weighted by Crippen LogP contribution is 2.65. The van der Waals surface area contributed by atoms with E-state index in [1.54, 1.807) is 11.8 Å². The summed E-state index contributed by atoms with van der Waals surface area (Å²) in [5, 5.41) is 8.51. The van der Waals surface area contributed by atoms with Gasteiger partial charge in [-0.3, -0.25) is 24.0 Å². The van der Waals surface area contributed by atoms with E-state index < -0.39 is 64.0 Å². The van der Waals surface area contributed by atoms with Crippen molar-refractivity contribution in [1.82, 2.24) is 25.8 Å². The Hall–Kier alpha value is -3.18. The minimum Gasteiger partial charge on any atom is -0.363 e. The number of ketones is 1. The van der Waals surface area contributed by atoms with E-state index in [4.69, 9.17) is 5.73 Å². The fraction of sp³-hybridized carbons (Fsp3) is 0.818. The van der Waals surface area contributed by atoms with E-state index in [9.17, 15) is 28.8 Å². The van der Waals surface area contributed by atoms with E-state index in [1.807, 2.05) is 69.2 Å². The maximum absolute atomic E-state index is 14.3. The molecule has 0 aromatic carbocycles. The minimum atomic E-state index is -1.28. The Labute approximate surface area is 268 Å². The molecule has 0 bridgehead atoms. The molecule has 1 saturated heterocycles. The number of piperidine rings is 1. The second kappa shape index (κ2) is 12.5. The molecule has 3 rings (SSSR count). The van der Waals surface area contributed by atoms with Crippen molar-refractivity contribution in [3.63, 3.8) is 0 Å². The monoisotopic (exact) mass is 632 g/mol. The topological polar surface area (TPSA) is 171 Å². The molecule has 6 atom stereocenters. The molecular formula is C33H56N6O6. The maximum atomic E-state index is 14.3. The van der Waals surface area contributed by atoms with Crippen molar-refractivity contribution in [2.75, 3.05) is 19.6 Å². The van der Waals surface area contributed by atoms with Crippen molar-refractivity contribution in [2.45, 2.75) is 119 Å². The molecule has 0 radical (unpaired) electrons. The van der Waals surface area contributed by atoms with Crippen molar-refractivity contribution in [2.24, 2.45) is 39.7 Å². The average Bonchev–Trinajstić information content (AvgIpc) is 3.77. The fourth-order valence-electron chi connectivity index (χ4n) is 6.76. The summed E-state index contributed by atoms with van der Waals surface area (Å²) in [5.74, 6) is -2.92. The second-order valence-electron chi connectivity index (χ2n) is 16.1. The first-order valence-corrected chi connectivity index (χ1v) is 16.3. The number of likely N-dealkylation sites (N-methyl/N-ethyl adjacent to an activating group) is 1. The van der Waals surface area contributed by atoms with Gasteiger partial charge in [-0.1, -0.05) is 68.2 Å². The van der Waals surface area contributed by atoms with Crippen LogP contribution in [0, 0.1) is 34.0 Å². The highest BCUT2D eigenvalue weighted by Gasteiger charge is 2.70. The number of primary amides is 1. The van der Waals surface area contributed by atoms with Gasteiger partial charge < -0.3 is 31.5 Å². The SMILES string of the molecule is CCN(CC)C(=O)[C@](C)(NC(=O)N[C@H](C(=O)N1C[C@H]2[C@@H]([C@H]1C(=O)NC(CC1CC1)C(=O)C(N)=O)C2(C)C)C(C)(C)C)C(C)(C)C. The van der Waals surface area contributed by atoms with E-state index >= 15 is 0 Å². The predicted molar refractivity (Wildman–Crippen MR) is 170 cm³/mol. The number of nitrogens with one attached hydrogen (secondary N) is 3. The third-order valence-corrected chi connectivity index (χ3v) is 10.6. The van der Waals surface area contributed by atoms with Crippen LogP contribution in [0.4, 0.5) is 4.79 Å². The summed E-state index contributed by atoms with van der Waals surface area (Å²) in [6.45, 7) is 22.0. The van der Waals surface area contributed by atoms with Crippen LogP contribution in [0.3, 0.4) is 0 Å². The number of nitrogens with two attached hydrogens (primary N) is 1. The highest BCUT2D eigenvalue weighted by atomic mass is 16.2. The normalized spacial score (nSPS) is 24.8. The summed E-state index contributed by atoms with van der Waals surface area (Å²) < 4.78 is 0. The standard InChI is InChI=1S/C33H56N6O6/c1-12-38(13-2)28(44)33(11,31(6,7)8)37-29(45)36-24(30(3,4)5)27(43)39-17-19-21(32(19,9)10)22(39)26(42)35-20(16-18-14-15-18)23(40)25(34)41/h18-22,24H,12-17H2,1-11H3,(H2,34,41)(H,35,42)(H2,36,37,45)/t19-,20?,21-,22-,24+,33-/m0/s1. The van der Waals surface area contributed by atoms with Crippen molar-refractivity contribution >= 4 is 35.4 Å². The molecule has 1 unspecified atom stereocenters. The number of nitrogens with zero attached hydrogens (tertiary/aromatic N) is 2. The lowest BCUT2D eigenvalue weighted by molar-refractivity contribution is -0.145. The first-order valence-electron chi connectivity index (χ1n) is 16.3. The second-order valence-corrected chi connectivity index (χ2v) is 16.1. The van der Waals surface area contributed by atoms with Crippen molar-refractivity contribution in [3.8, 4) is 0 Å². The quantitative estimate of drug-likeness (QED) is 0.240. The van der Waals surface area contributed by atoms with Gasteiger partial charge in [-0.15, -0.1) is 0 Å². The number of fused-ring (bicyclic) bond motifs is 1. The molecule has 2 saturated carbocycles. The Morgan fingerprint density at radius 3 is 1.93 bits per heavy atom. The first-order chi connectivity index (χ1) is 20.5. The summed E-state index contributed by atoms with van der Waals surface area (Å²) >= 11 is 0. The maximum Gasteiger partial charge on any atom is 0.316 e. The van der Waals surface area contributed by atoms with E-state index in [0.717, 1.165) is 12.8 Å². The number of hydrogen-bond donors (Lipinski definition) is 4. The van der Waals surface area contributed by atoms with Crippen molar-refractivity contribution < 1.29 is 28.8 Å². The van der Waals surface area contributed by atoms with Crippen molar-refractivity contribution in [3.05, 3.63) is 0 Å². The van der Waals surface area contributed by atoms with Crippen LogP contribution >= 0.6 is 0 Å². The van der Waals surface area contributed by atoms with Gasteiger partial charge in [0, 0.05) is 19.6 Å². The van der Waals surface area contributed by atoms with Gasteiger partial charge in [0.15, 0.2) is 0 Å². The fourth-order valence-corrected chi connectivity index (χ4v) is 6.76. The molecular weight excluding hydrogens is 576 g/mol. The van der Waals surface area contributed by atoms with Crippen LogP contribution in [-0.4, -0.2) is 88.5 Å². The number of carbonyl (C=O) groups is 6. The van der Waals surface area contributed by atoms with Gasteiger partial charge in [0.1, 0.15) is 17.6 Å². The third kappa shape index (κ3) is 7.30. The number of Topliss-reactive ketones (excluding diaryl/α,β-unsaturated/α-hetero) is 1. The average molecular weight is 633 g/mol. The molecule has 3 fully saturated rings. The number of hydrogen-bond acceptors (Lipinski definition) is 6. The van der Waals surface area contributed by atoms with E-state index in [1.165, 1.54) is 4.90 Å². The zero-order chi connectivity index (χ0) is 34.4.